The number of halogens is 2. The Morgan fingerprint density at radius 3 is 2.45 bits per heavy atom. The maximum Gasteiger partial charge on any atom is 0.120 e. The number of benzene rings is 1. The summed E-state index contributed by atoms with van der Waals surface area (Å²) in [6, 6.07) is 6.43. The second-order valence-electron chi connectivity index (χ2n) is 5.63. The fourth-order valence-electron chi connectivity index (χ4n) is 3.03. The van der Waals surface area contributed by atoms with E-state index in [0.717, 1.165) is 37.7 Å². The normalized spacial score (nSPS) is 20.6. The quantitative estimate of drug-likeness (QED) is 0.899. The fourth-order valence-corrected chi connectivity index (χ4v) is 3.03. The lowest BCUT2D eigenvalue weighted by molar-refractivity contribution is 0.153. The molecule has 5 heteroatoms. The molecule has 0 bridgehead atoms. The zero-order chi connectivity index (χ0) is 12.5. The van der Waals surface area contributed by atoms with Crippen LogP contribution in [0, 0.1) is 12.8 Å². The van der Waals surface area contributed by atoms with Crippen molar-refractivity contribution >= 4 is 24.8 Å². The first-order valence-corrected chi connectivity index (χ1v) is 7.00. The van der Waals surface area contributed by atoms with Crippen LogP contribution >= 0.6 is 24.8 Å². The summed E-state index contributed by atoms with van der Waals surface area (Å²) >= 11 is 0. The molecule has 3 nitrogen and oxygen atoms in total. The third kappa shape index (κ3) is 3.79. The van der Waals surface area contributed by atoms with Gasteiger partial charge in [-0.05, 0) is 31.7 Å². The summed E-state index contributed by atoms with van der Waals surface area (Å²) in [4.78, 5) is 2.54. The summed E-state index contributed by atoms with van der Waals surface area (Å²) in [5, 5.41) is 13.6. The molecule has 1 saturated heterocycles. The van der Waals surface area contributed by atoms with Crippen LogP contribution in [0.4, 0.5) is 0 Å². The second-order valence-corrected chi connectivity index (χ2v) is 5.63. The summed E-state index contributed by atoms with van der Waals surface area (Å²) in [6.45, 7) is 6.42. The van der Waals surface area contributed by atoms with Crippen molar-refractivity contribution in [3.8, 4) is 5.75 Å². The van der Waals surface area contributed by atoms with Gasteiger partial charge in [0.25, 0.3) is 0 Å². The van der Waals surface area contributed by atoms with Crippen LogP contribution in [0.3, 0.4) is 0 Å². The van der Waals surface area contributed by atoms with Gasteiger partial charge in [-0.15, -0.1) is 24.8 Å². The second kappa shape index (κ2) is 7.51. The van der Waals surface area contributed by atoms with Crippen LogP contribution in [-0.4, -0.2) is 36.2 Å². The van der Waals surface area contributed by atoms with Crippen LogP contribution in [0.25, 0.3) is 0 Å². The Morgan fingerprint density at radius 1 is 1.20 bits per heavy atom. The molecule has 0 radical (unpaired) electrons. The molecule has 0 aromatic heterocycles. The first kappa shape index (κ1) is 17.6. The van der Waals surface area contributed by atoms with Gasteiger partial charge in [-0.3, -0.25) is 4.90 Å². The number of piperazine rings is 1. The van der Waals surface area contributed by atoms with Gasteiger partial charge in [0, 0.05) is 37.8 Å². The molecule has 1 heterocycles. The molecular weight excluding hydrogens is 295 g/mol. The Hall–Kier alpha value is -0.480. The largest absolute Gasteiger partial charge is 0.508 e. The zero-order valence-corrected chi connectivity index (χ0v) is 13.5. The topological polar surface area (TPSA) is 35.5 Å². The van der Waals surface area contributed by atoms with Crippen molar-refractivity contribution in [2.24, 2.45) is 5.92 Å². The van der Waals surface area contributed by atoms with E-state index < -0.39 is 0 Å². The Morgan fingerprint density at radius 2 is 1.85 bits per heavy atom. The molecule has 0 unspecified atom stereocenters. The average molecular weight is 319 g/mol. The van der Waals surface area contributed by atoms with Crippen LogP contribution in [-0.2, 0) is 0 Å². The molecule has 1 aliphatic carbocycles. The van der Waals surface area contributed by atoms with Crippen LogP contribution in [0.1, 0.15) is 30.0 Å². The van der Waals surface area contributed by atoms with Crippen molar-refractivity contribution in [2.75, 3.05) is 26.2 Å². The molecule has 2 aliphatic rings. The molecule has 1 aliphatic heterocycles. The van der Waals surface area contributed by atoms with Gasteiger partial charge in [0.15, 0.2) is 0 Å². The molecule has 2 fully saturated rings. The minimum Gasteiger partial charge on any atom is -0.508 e. The number of nitrogens with zero attached hydrogens (tertiary/aromatic N) is 1. The summed E-state index contributed by atoms with van der Waals surface area (Å²) in [5.41, 5.74) is 2.38. The van der Waals surface area contributed by atoms with Crippen molar-refractivity contribution in [1.82, 2.24) is 10.2 Å². The maximum absolute atomic E-state index is 10.2. The van der Waals surface area contributed by atoms with Gasteiger partial charge < -0.3 is 10.4 Å². The Kier molecular flexibility index (Phi) is 6.59. The molecule has 0 spiro atoms. The van der Waals surface area contributed by atoms with E-state index in [1.54, 1.807) is 0 Å². The van der Waals surface area contributed by atoms with E-state index in [1.807, 2.05) is 12.1 Å². The Balaban J connectivity index is 0.000001000. The minimum atomic E-state index is 0. The molecular formula is C15H24Cl2N2O. The van der Waals surface area contributed by atoms with Crippen molar-refractivity contribution in [3.63, 3.8) is 0 Å². The molecule has 114 valence electrons. The molecule has 20 heavy (non-hydrogen) atoms. The number of rotatable bonds is 3. The van der Waals surface area contributed by atoms with Gasteiger partial charge in [0.05, 0.1) is 0 Å². The van der Waals surface area contributed by atoms with Gasteiger partial charge >= 0.3 is 0 Å². The summed E-state index contributed by atoms with van der Waals surface area (Å²) < 4.78 is 0. The predicted octanol–water partition coefficient (Wildman–Crippen LogP) is 2.90. The standard InChI is InChI=1S/C15H22N2O.2ClH/c1-11-2-5-14(18)13(10-11)15(12-3-4-12)17-8-6-16-7-9-17;;/h2,5,10,12,15-16,18H,3-4,6-9H2,1H3;2*1H/t15-;;/m1../s1. The molecule has 0 amide bonds. The molecule has 2 N–H and O–H groups in total. The van der Waals surface area contributed by atoms with Crippen molar-refractivity contribution in [3.05, 3.63) is 29.3 Å². The van der Waals surface area contributed by atoms with Gasteiger partial charge in [0.2, 0.25) is 0 Å². The highest BCUT2D eigenvalue weighted by molar-refractivity contribution is 5.85. The fraction of sp³-hybridized carbons (Fsp3) is 0.600. The highest BCUT2D eigenvalue weighted by atomic mass is 35.5. The Labute approximate surface area is 133 Å². The van der Waals surface area contributed by atoms with Crippen LogP contribution in [0.2, 0.25) is 0 Å². The maximum atomic E-state index is 10.2. The SMILES string of the molecule is Cc1ccc(O)c([C@@H](C2CC2)N2CCNCC2)c1.Cl.Cl. The van der Waals surface area contributed by atoms with E-state index in [0.29, 0.717) is 11.8 Å². The summed E-state index contributed by atoms with van der Waals surface area (Å²) in [7, 11) is 0. The van der Waals surface area contributed by atoms with Crippen molar-refractivity contribution in [2.45, 2.75) is 25.8 Å². The van der Waals surface area contributed by atoms with Crippen LogP contribution in [0.15, 0.2) is 18.2 Å². The first-order chi connectivity index (χ1) is 8.75. The van der Waals surface area contributed by atoms with Crippen molar-refractivity contribution < 1.29 is 5.11 Å². The minimum absolute atomic E-state index is 0. The third-order valence-corrected chi connectivity index (χ3v) is 4.12. The smallest absolute Gasteiger partial charge is 0.120 e. The average Bonchev–Trinajstić information content (AvgIpc) is 3.20. The lowest BCUT2D eigenvalue weighted by Gasteiger charge is -2.35. The van der Waals surface area contributed by atoms with Gasteiger partial charge in [-0.1, -0.05) is 17.7 Å². The predicted molar refractivity (Wildman–Crippen MR) is 87.2 cm³/mol. The van der Waals surface area contributed by atoms with E-state index in [2.05, 4.69) is 23.2 Å². The number of hydrogen-bond donors (Lipinski definition) is 2. The van der Waals surface area contributed by atoms with E-state index in [1.165, 1.54) is 18.4 Å². The number of nitrogens with one attached hydrogen (secondary N) is 1. The van der Waals surface area contributed by atoms with Crippen molar-refractivity contribution in [1.29, 1.82) is 0 Å². The zero-order valence-electron chi connectivity index (χ0n) is 11.8. The summed E-state index contributed by atoms with van der Waals surface area (Å²) in [6.07, 6.45) is 2.62. The Bertz CT molecular complexity index is 432. The van der Waals surface area contributed by atoms with Crippen LogP contribution in [0.5, 0.6) is 5.75 Å². The molecule has 1 aromatic rings. The van der Waals surface area contributed by atoms with Gasteiger partial charge in [0.1, 0.15) is 5.75 Å². The first-order valence-electron chi connectivity index (χ1n) is 7.00. The van der Waals surface area contributed by atoms with E-state index in [-0.39, 0.29) is 24.8 Å². The molecule has 1 saturated carbocycles. The van der Waals surface area contributed by atoms with E-state index in [4.69, 9.17) is 0 Å². The number of phenolic OH excluding ortho intramolecular Hbond substituents is 1. The number of hydrogen-bond acceptors (Lipinski definition) is 3. The number of aromatic hydroxyl groups is 1. The molecule has 3 rings (SSSR count). The van der Waals surface area contributed by atoms with Gasteiger partial charge in [-0.25, -0.2) is 0 Å². The molecule has 1 aromatic carbocycles. The third-order valence-electron chi connectivity index (χ3n) is 4.12. The van der Waals surface area contributed by atoms with E-state index >= 15 is 0 Å². The van der Waals surface area contributed by atoms with Crippen LogP contribution < -0.4 is 5.32 Å². The lowest BCUT2D eigenvalue weighted by atomic mass is 9.97. The number of aryl methyl sites for hydroxylation is 1. The van der Waals surface area contributed by atoms with Gasteiger partial charge in [-0.2, -0.15) is 0 Å². The molecule has 1 atom stereocenters. The lowest BCUT2D eigenvalue weighted by Crippen LogP contribution is -2.45. The number of phenols is 1. The highest BCUT2D eigenvalue weighted by Gasteiger charge is 2.37. The van der Waals surface area contributed by atoms with E-state index in [9.17, 15) is 5.11 Å². The summed E-state index contributed by atoms with van der Waals surface area (Å²) in [5.74, 6) is 1.21. The monoisotopic (exact) mass is 318 g/mol. The highest BCUT2D eigenvalue weighted by Crippen LogP contribution is 2.46.